The molecule has 1 aromatic rings. The minimum absolute atomic E-state index is 0.00197. The van der Waals surface area contributed by atoms with Crippen molar-refractivity contribution >= 4 is 5.69 Å². The van der Waals surface area contributed by atoms with Crippen molar-refractivity contribution in [2.24, 2.45) is 0 Å². The SMILES string of the molecule is CC1(Nc2c(F)cc(C#N)cc2F)CCCC1. The summed E-state index contributed by atoms with van der Waals surface area (Å²) in [5.41, 5.74) is -0.355. The largest absolute Gasteiger partial charge is 0.375 e. The highest BCUT2D eigenvalue weighted by Crippen LogP contribution is 2.34. The molecule has 1 aliphatic carbocycles. The molecule has 0 aliphatic heterocycles. The minimum Gasteiger partial charge on any atom is -0.375 e. The molecule has 1 fully saturated rings. The molecule has 2 rings (SSSR count). The molecular weight excluding hydrogens is 222 g/mol. The van der Waals surface area contributed by atoms with Crippen LogP contribution in [-0.4, -0.2) is 5.54 Å². The molecule has 90 valence electrons. The van der Waals surface area contributed by atoms with Crippen LogP contribution in [0.3, 0.4) is 0 Å². The van der Waals surface area contributed by atoms with Crippen LogP contribution >= 0.6 is 0 Å². The lowest BCUT2D eigenvalue weighted by Gasteiger charge is -2.27. The molecule has 0 spiro atoms. The number of nitriles is 1. The van der Waals surface area contributed by atoms with E-state index in [0.717, 1.165) is 37.8 Å². The summed E-state index contributed by atoms with van der Waals surface area (Å²) >= 11 is 0. The number of hydrogen-bond acceptors (Lipinski definition) is 2. The number of nitrogens with zero attached hydrogens (tertiary/aromatic N) is 1. The van der Waals surface area contributed by atoms with E-state index in [4.69, 9.17) is 5.26 Å². The van der Waals surface area contributed by atoms with Gasteiger partial charge in [0.2, 0.25) is 0 Å². The van der Waals surface area contributed by atoms with E-state index in [1.54, 1.807) is 6.07 Å². The molecule has 1 aliphatic rings. The van der Waals surface area contributed by atoms with E-state index < -0.39 is 11.6 Å². The van der Waals surface area contributed by atoms with Crippen LogP contribution in [-0.2, 0) is 0 Å². The molecule has 0 saturated heterocycles. The summed E-state index contributed by atoms with van der Waals surface area (Å²) in [7, 11) is 0. The van der Waals surface area contributed by atoms with Crippen molar-refractivity contribution in [1.29, 1.82) is 5.26 Å². The molecule has 0 bridgehead atoms. The highest BCUT2D eigenvalue weighted by atomic mass is 19.1. The monoisotopic (exact) mass is 236 g/mol. The zero-order chi connectivity index (χ0) is 12.5. The van der Waals surface area contributed by atoms with E-state index in [-0.39, 0.29) is 16.8 Å². The Morgan fingerprint density at radius 3 is 2.24 bits per heavy atom. The van der Waals surface area contributed by atoms with Crippen LogP contribution in [0, 0.1) is 23.0 Å². The number of anilines is 1. The van der Waals surface area contributed by atoms with Gasteiger partial charge in [-0.15, -0.1) is 0 Å². The van der Waals surface area contributed by atoms with E-state index in [9.17, 15) is 8.78 Å². The van der Waals surface area contributed by atoms with E-state index in [0.29, 0.717) is 0 Å². The first-order chi connectivity index (χ1) is 8.04. The molecule has 2 nitrogen and oxygen atoms in total. The van der Waals surface area contributed by atoms with Crippen LogP contribution in [0.15, 0.2) is 12.1 Å². The smallest absolute Gasteiger partial charge is 0.150 e. The number of rotatable bonds is 2. The van der Waals surface area contributed by atoms with E-state index in [2.05, 4.69) is 5.32 Å². The first-order valence-electron chi connectivity index (χ1n) is 5.71. The third kappa shape index (κ3) is 2.38. The Hall–Kier alpha value is -1.63. The topological polar surface area (TPSA) is 35.8 Å². The molecule has 4 heteroatoms. The third-order valence-electron chi connectivity index (χ3n) is 3.31. The van der Waals surface area contributed by atoms with Gasteiger partial charge < -0.3 is 5.32 Å². The maximum atomic E-state index is 13.7. The van der Waals surface area contributed by atoms with Crippen molar-refractivity contribution in [3.8, 4) is 6.07 Å². The number of halogens is 2. The second-order valence-corrected chi connectivity index (χ2v) is 4.82. The van der Waals surface area contributed by atoms with Crippen LogP contribution in [0.25, 0.3) is 0 Å². The number of benzene rings is 1. The van der Waals surface area contributed by atoms with E-state index in [1.807, 2.05) is 6.92 Å². The standard InChI is InChI=1S/C13H14F2N2/c1-13(4-2-3-5-13)17-12-10(14)6-9(8-16)7-11(12)15/h6-7,17H,2-5H2,1H3. The molecule has 0 unspecified atom stereocenters. The van der Waals surface area contributed by atoms with Crippen molar-refractivity contribution in [3.05, 3.63) is 29.3 Å². The molecule has 17 heavy (non-hydrogen) atoms. The maximum Gasteiger partial charge on any atom is 0.150 e. The molecule has 1 N–H and O–H groups in total. The molecular formula is C13H14F2N2. The van der Waals surface area contributed by atoms with Crippen LogP contribution in [0.1, 0.15) is 38.2 Å². The first kappa shape index (κ1) is 11.8. The van der Waals surface area contributed by atoms with Gasteiger partial charge in [0, 0.05) is 5.54 Å². The first-order valence-corrected chi connectivity index (χ1v) is 5.71. The molecule has 1 aromatic carbocycles. The molecule has 0 radical (unpaired) electrons. The predicted octanol–water partition coefficient (Wildman–Crippen LogP) is 3.58. The molecule has 0 atom stereocenters. The zero-order valence-corrected chi connectivity index (χ0v) is 9.69. The normalized spacial score (nSPS) is 17.8. The summed E-state index contributed by atoms with van der Waals surface area (Å²) in [6.45, 7) is 1.97. The molecule has 1 saturated carbocycles. The quantitative estimate of drug-likeness (QED) is 0.851. The van der Waals surface area contributed by atoms with Gasteiger partial charge in [-0.1, -0.05) is 12.8 Å². The van der Waals surface area contributed by atoms with Crippen LogP contribution in [0.4, 0.5) is 14.5 Å². The van der Waals surface area contributed by atoms with Gasteiger partial charge in [-0.25, -0.2) is 8.78 Å². The Morgan fingerprint density at radius 1 is 1.24 bits per heavy atom. The van der Waals surface area contributed by atoms with Crippen LogP contribution < -0.4 is 5.32 Å². The molecule has 0 aromatic heterocycles. The van der Waals surface area contributed by atoms with Crippen molar-refractivity contribution in [2.75, 3.05) is 5.32 Å². The Kier molecular flexibility index (Phi) is 3.01. The zero-order valence-electron chi connectivity index (χ0n) is 9.69. The molecule has 0 heterocycles. The lowest BCUT2D eigenvalue weighted by atomic mass is 10.00. The summed E-state index contributed by atoms with van der Waals surface area (Å²) < 4.78 is 27.3. The minimum atomic E-state index is -0.699. The fourth-order valence-corrected chi connectivity index (χ4v) is 2.34. The Balaban J connectivity index is 2.30. The van der Waals surface area contributed by atoms with Gasteiger partial charge in [0.05, 0.1) is 11.6 Å². The summed E-state index contributed by atoms with van der Waals surface area (Å²) in [6, 6.07) is 3.85. The van der Waals surface area contributed by atoms with E-state index in [1.165, 1.54) is 0 Å². The average molecular weight is 236 g/mol. The summed E-state index contributed by atoms with van der Waals surface area (Å²) in [4.78, 5) is 0. The van der Waals surface area contributed by atoms with Crippen molar-refractivity contribution in [3.63, 3.8) is 0 Å². The van der Waals surface area contributed by atoms with Crippen molar-refractivity contribution in [1.82, 2.24) is 0 Å². The molecule has 0 amide bonds. The van der Waals surface area contributed by atoms with Gasteiger partial charge in [-0.2, -0.15) is 5.26 Å². The second-order valence-electron chi connectivity index (χ2n) is 4.82. The third-order valence-corrected chi connectivity index (χ3v) is 3.31. The lowest BCUT2D eigenvalue weighted by molar-refractivity contribution is 0.512. The highest BCUT2D eigenvalue weighted by Gasteiger charge is 2.30. The second kappa shape index (κ2) is 4.33. The van der Waals surface area contributed by atoms with Crippen molar-refractivity contribution in [2.45, 2.75) is 38.1 Å². The average Bonchev–Trinajstić information content (AvgIpc) is 2.70. The van der Waals surface area contributed by atoms with Gasteiger partial charge >= 0.3 is 0 Å². The number of nitrogens with one attached hydrogen (secondary N) is 1. The maximum absolute atomic E-state index is 13.7. The summed E-state index contributed by atoms with van der Waals surface area (Å²) in [5, 5.41) is 11.6. The fraction of sp³-hybridized carbons (Fsp3) is 0.462. The lowest BCUT2D eigenvalue weighted by Crippen LogP contribution is -2.31. The van der Waals surface area contributed by atoms with Gasteiger partial charge in [-0.05, 0) is 31.9 Å². The summed E-state index contributed by atoms with van der Waals surface area (Å²) in [6.07, 6.45) is 3.96. The van der Waals surface area contributed by atoms with Crippen LogP contribution in [0.2, 0.25) is 0 Å². The number of hydrogen-bond donors (Lipinski definition) is 1. The van der Waals surface area contributed by atoms with Gasteiger partial charge in [0.15, 0.2) is 11.6 Å². The van der Waals surface area contributed by atoms with Gasteiger partial charge in [-0.3, -0.25) is 0 Å². The summed E-state index contributed by atoms with van der Waals surface area (Å²) in [5.74, 6) is -1.40. The highest BCUT2D eigenvalue weighted by molar-refractivity contribution is 5.52. The van der Waals surface area contributed by atoms with Gasteiger partial charge in [0.25, 0.3) is 0 Å². The Morgan fingerprint density at radius 2 is 1.76 bits per heavy atom. The Labute approximate surface area is 99.3 Å². The van der Waals surface area contributed by atoms with Crippen LogP contribution in [0.5, 0.6) is 0 Å². The fourth-order valence-electron chi connectivity index (χ4n) is 2.34. The Bertz CT molecular complexity index is 448. The van der Waals surface area contributed by atoms with Crippen molar-refractivity contribution < 1.29 is 8.78 Å². The predicted molar refractivity (Wildman–Crippen MR) is 61.6 cm³/mol. The van der Waals surface area contributed by atoms with Gasteiger partial charge in [0.1, 0.15) is 5.69 Å². The van der Waals surface area contributed by atoms with E-state index >= 15 is 0 Å².